The Labute approximate surface area is 236 Å². The van der Waals surface area contributed by atoms with Gasteiger partial charge >= 0.3 is 12.1 Å². The first-order valence-electron chi connectivity index (χ1n) is 12.7. The van der Waals surface area contributed by atoms with Crippen LogP contribution in [-0.4, -0.2) is 69.7 Å². The molecule has 0 spiro atoms. The molecule has 1 fully saturated rings. The number of carboxylic acids is 1. The first-order valence-corrected chi connectivity index (χ1v) is 14.1. The molecule has 1 aliphatic heterocycles. The minimum Gasteiger partial charge on any atom is -0.475 e. The molecular formula is C26H34F3N5O6S. The fraction of sp³-hybridized carbons (Fsp3) is 0.423. The lowest BCUT2D eigenvalue weighted by Crippen LogP contribution is -2.43. The van der Waals surface area contributed by atoms with Crippen molar-refractivity contribution < 1.29 is 41.1 Å². The maximum atomic E-state index is 13.5. The molecule has 3 rings (SSSR count). The molecule has 0 bridgehead atoms. The van der Waals surface area contributed by atoms with Gasteiger partial charge in [-0.1, -0.05) is 13.0 Å². The second-order valence-electron chi connectivity index (χ2n) is 9.34. The number of amides is 2. The van der Waals surface area contributed by atoms with E-state index in [1.807, 2.05) is 13.8 Å². The highest BCUT2D eigenvalue weighted by Crippen LogP contribution is 2.32. The van der Waals surface area contributed by atoms with Crippen LogP contribution in [0.3, 0.4) is 0 Å². The number of aryl methyl sites for hydroxylation is 1. The van der Waals surface area contributed by atoms with E-state index in [1.54, 1.807) is 37.3 Å². The number of piperazine rings is 1. The number of hydrogen-bond acceptors (Lipinski definition) is 7. The van der Waals surface area contributed by atoms with E-state index in [1.165, 1.54) is 13.0 Å². The van der Waals surface area contributed by atoms with Gasteiger partial charge in [0, 0.05) is 44.7 Å². The van der Waals surface area contributed by atoms with Crippen LogP contribution in [-0.2, 0) is 19.6 Å². The summed E-state index contributed by atoms with van der Waals surface area (Å²) in [6.07, 6.45) is -4.30. The summed E-state index contributed by atoms with van der Waals surface area (Å²) in [7, 11) is -4.08. The number of anilines is 3. The normalized spacial score (nSPS) is 14.3. The molecule has 5 N–H and O–H groups in total. The summed E-state index contributed by atoms with van der Waals surface area (Å²) in [5.74, 6) is -3.39. The third-order valence-corrected chi connectivity index (χ3v) is 7.34. The van der Waals surface area contributed by atoms with Crippen LogP contribution in [0.25, 0.3) is 0 Å². The number of carbonyl (C=O) groups is 3. The highest BCUT2D eigenvalue weighted by atomic mass is 32.2. The number of hydrogen-bond donors (Lipinski definition) is 5. The quantitative estimate of drug-likeness (QED) is 0.309. The van der Waals surface area contributed by atoms with Gasteiger partial charge in [-0.2, -0.15) is 13.2 Å². The Bertz CT molecular complexity index is 1360. The summed E-state index contributed by atoms with van der Waals surface area (Å²) in [6, 6.07) is 9.86. The van der Waals surface area contributed by atoms with E-state index in [-0.39, 0.29) is 28.4 Å². The highest BCUT2D eigenvalue weighted by Gasteiger charge is 2.38. The van der Waals surface area contributed by atoms with Gasteiger partial charge in [-0.25, -0.2) is 13.2 Å². The number of carbonyl (C=O) groups excluding carboxylic acids is 2. The molecule has 1 unspecified atom stereocenters. The Hall–Kier alpha value is -3.85. The lowest BCUT2D eigenvalue weighted by molar-refractivity contribution is -0.192. The van der Waals surface area contributed by atoms with Crippen LogP contribution >= 0.6 is 0 Å². The van der Waals surface area contributed by atoms with E-state index in [2.05, 4.69) is 25.6 Å². The van der Waals surface area contributed by atoms with Crippen molar-refractivity contribution in [2.24, 2.45) is 0 Å². The third kappa shape index (κ3) is 9.93. The fourth-order valence-corrected chi connectivity index (χ4v) is 5.01. The van der Waals surface area contributed by atoms with Gasteiger partial charge < -0.3 is 26.0 Å². The van der Waals surface area contributed by atoms with Crippen molar-refractivity contribution >= 4 is 44.9 Å². The minimum atomic E-state index is -5.08. The molecule has 1 aliphatic rings. The van der Waals surface area contributed by atoms with Crippen LogP contribution in [0, 0.1) is 6.92 Å². The summed E-state index contributed by atoms with van der Waals surface area (Å²) >= 11 is 0. The second kappa shape index (κ2) is 14.2. The van der Waals surface area contributed by atoms with E-state index < -0.39 is 22.2 Å². The van der Waals surface area contributed by atoms with Crippen LogP contribution < -0.4 is 25.6 Å². The molecule has 2 aromatic rings. The molecular weight excluding hydrogens is 567 g/mol. The van der Waals surface area contributed by atoms with Crippen molar-refractivity contribution in [3.8, 4) is 0 Å². The highest BCUT2D eigenvalue weighted by molar-refractivity contribution is 7.93. The van der Waals surface area contributed by atoms with Crippen molar-refractivity contribution in [1.82, 2.24) is 10.6 Å². The van der Waals surface area contributed by atoms with E-state index in [0.717, 1.165) is 25.1 Å². The van der Waals surface area contributed by atoms with Crippen LogP contribution in [0.15, 0.2) is 41.3 Å². The van der Waals surface area contributed by atoms with Crippen molar-refractivity contribution in [3.63, 3.8) is 0 Å². The number of aliphatic carboxylic acids is 1. The largest absolute Gasteiger partial charge is 0.490 e. The first kappa shape index (κ1) is 33.4. The molecule has 226 valence electrons. The van der Waals surface area contributed by atoms with Crippen molar-refractivity contribution in [2.45, 2.75) is 51.2 Å². The van der Waals surface area contributed by atoms with Crippen LogP contribution in [0.4, 0.5) is 30.2 Å². The number of nitrogens with one attached hydrogen (secondary N) is 4. The van der Waals surface area contributed by atoms with Gasteiger partial charge in [0.25, 0.3) is 15.9 Å². The maximum Gasteiger partial charge on any atom is 0.490 e. The summed E-state index contributed by atoms with van der Waals surface area (Å²) in [6.45, 7) is 9.95. The van der Waals surface area contributed by atoms with E-state index >= 15 is 0 Å². The maximum absolute atomic E-state index is 13.5. The average Bonchev–Trinajstić information content (AvgIpc) is 2.89. The van der Waals surface area contributed by atoms with E-state index in [4.69, 9.17) is 9.90 Å². The Morgan fingerprint density at radius 1 is 1.07 bits per heavy atom. The van der Waals surface area contributed by atoms with Gasteiger partial charge in [-0.3, -0.25) is 14.3 Å². The smallest absolute Gasteiger partial charge is 0.475 e. The van der Waals surface area contributed by atoms with Crippen molar-refractivity contribution in [1.29, 1.82) is 0 Å². The monoisotopic (exact) mass is 601 g/mol. The van der Waals surface area contributed by atoms with Crippen LogP contribution in [0.2, 0.25) is 0 Å². The summed E-state index contributed by atoms with van der Waals surface area (Å²) in [5, 5.41) is 15.9. The van der Waals surface area contributed by atoms with Gasteiger partial charge in [0.1, 0.15) is 4.90 Å². The zero-order valence-electron chi connectivity index (χ0n) is 23.1. The molecule has 1 heterocycles. The Kier molecular flexibility index (Phi) is 11.5. The predicted molar refractivity (Wildman–Crippen MR) is 149 cm³/mol. The molecule has 1 saturated heterocycles. The number of halogens is 3. The van der Waals surface area contributed by atoms with Gasteiger partial charge in [0.05, 0.1) is 17.1 Å². The molecule has 0 saturated carbocycles. The Balaban J connectivity index is 0.000000745. The number of alkyl halides is 3. The summed E-state index contributed by atoms with van der Waals surface area (Å²) < 4.78 is 61.4. The number of sulfonamides is 1. The molecule has 0 aliphatic carbocycles. The lowest BCUT2D eigenvalue weighted by Gasteiger charge is -2.31. The SMILES string of the molecule is CCC(C)NC(=O)c1ccc(N2CCNCC2)c(NS(=O)(=O)c2cc(C)ccc2NC(C)=O)c1.O=C(O)C(F)(F)F. The minimum absolute atomic E-state index is 0.00649. The van der Waals surface area contributed by atoms with Crippen LogP contribution in [0.1, 0.15) is 43.1 Å². The number of benzene rings is 2. The summed E-state index contributed by atoms with van der Waals surface area (Å²) in [4.78, 5) is 35.3. The zero-order chi connectivity index (χ0) is 31.0. The Morgan fingerprint density at radius 2 is 1.68 bits per heavy atom. The van der Waals surface area contributed by atoms with Gasteiger partial charge in [-0.05, 0) is 56.2 Å². The molecule has 41 heavy (non-hydrogen) atoms. The van der Waals surface area contributed by atoms with E-state index in [9.17, 15) is 31.2 Å². The topological polar surface area (TPSA) is 157 Å². The second-order valence-corrected chi connectivity index (χ2v) is 11.0. The zero-order valence-corrected chi connectivity index (χ0v) is 23.9. The lowest BCUT2D eigenvalue weighted by atomic mass is 10.1. The molecule has 15 heteroatoms. The average molecular weight is 602 g/mol. The Morgan fingerprint density at radius 3 is 2.22 bits per heavy atom. The third-order valence-electron chi connectivity index (χ3n) is 5.93. The molecule has 0 aromatic heterocycles. The van der Waals surface area contributed by atoms with Crippen molar-refractivity contribution in [3.05, 3.63) is 47.5 Å². The standard InChI is InChI=1S/C24H33N5O4S.C2HF3O2/c1-5-17(3)26-24(31)19-7-9-22(29-12-10-25-11-13-29)21(15-19)28-34(32,33)23-14-16(2)6-8-20(23)27-18(4)30;3-2(4,5)1(6)7/h6-9,14-15,17,25,28H,5,10-13H2,1-4H3,(H,26,31)(H,27,30);(H,6,7). The van der Waals surface area contributed by atoms with Gasteiger partial charge in [0.15, 0.2) is 0 Å². The van der Waals surface area contributed by atoms with Gasteiger partial charge in [-0.15, -0.1) is 0 Å². The van der Waals surface area contributed by atoms with Crippen LogP contribution in [0.5, 0.6) is 0 Å². The number of rotatable bonds is 8. The fourth-order valence-electron chi connectivity index (χ4n) is 3.69. The van der Waals surface area contributed by atoms with Gasteiger partial charge in [0.2, 0.25) is 5.91 Å². The molecule has 11 nitrogen and oxygen atoms in total. The number of nitrogens with zero attached hydrogens (tertiary/aromatic N) is 1. The molecule has 0 radical (unpaired) electrons. The summed E-state index contributed by atoms with van der Waals surface area (Å²) in [5.41, 5.74) is 2.30. The number of carboxylic acid groups (broad SMARTS) is 1. The first-order chi connectivity index (χ1) is 19.0. The molecule has 2 amide bonds. The molecule has 2 aromatic carbocycles. The van der Waals surface area contributed by atoms with E-state index in [0.29, 0.717) is 30.0 Å². The van der Waals surface area contributed by atoms with Crippen molar-refractivity contribution in [2.75, 3.05) is 41.1 Å². The molecule has 1 atom stereocenters. The predicted octanol–water partition coefficient (Wildman–Crippen LogP) is 3.33.